The van der Waals surface area contributed by atoms with Crippen molar-refractivity contribution in [3.05, 3.63) is 53.8 Å². The molecule has 1 atom stereocenters. The molecular weight excluding hydrogens is 320 g/mol. The van der Waals surface area contributed by atoms with Crippen molar-refractivity contribution in [2.24, 2.45) is 0 Å². The number of furan rings is 1. The first-order chi connectivity index (χ1) is 12.2. The molecular formula is C18H18N4O3. The van der Waals surface area contributed by atoms with Crippen molar-refractivity contribution >= 4 is 11.6 Å². The third-order valence-corrected chi connectivity index (χ3v) is 4.33. The van der Waals surface area contributed by atoms with Crippen LogP contribution in [0.5, 0.6) is 0 Å². The number of carbonyl (C=O) groups is 1. The summed E-state index contributed by atoms with van der Waals surface area (Å²) < 4.78 is 10.3. The zero-order valence-electron chi connectivity index (χ0n) is 13.8. The summed E-state index contributed by atoms with van der Waals surface area (Å²) in [6.07, 6.45) is 4.47. The molecule has 25 heavy (non-hydrogen) atoms. The molecule has 3 aromatic rings. The van der Waals surface area contributed by atoms with E-state index in [9.17, 15) is 4.79 Å². The summed E-state index contributed by atoms with van der Waals surface area (Å²) in [5.41, 5.74) is 4.03. The lowest BCUT2D eigenvalue weighted by molar-refractivity contribution is -0.116. The Morgan fingerprint density at radius 2 is 2.24 bits per heavy atom. The number of aryl methyl sites for hydroxylation is 1. The molecule has 1 aromatic carbocycles. The first-order valence-corrected chi connectivity index (χ1v) is 8.20. The number of aromatic nitrogens is 2. The van der Waals surface area contributed by atoms with Crippen LogP contribution in [-0.2, 0) is 17.8 Å². The lowest BCUT2D eigenvalue weighted by Crippen LogP contribution is -2.21. The van der Waals surface area contributed by atoms with Crippen LogP contribution in [0.25, 0.3) is 11.4 Å². The highest BCUT2D eigenvalue weighted by molar-refractivity contribution is 5.93. The maximum absolute atomic E-state index is 11.4. The van der Waals surface area contributed by atoms with Gasteiger partial charge in [0, 0.05) is 18.2 Å². The van der Waals surface area contributed by atoms with Crippen molar-refractivity contribution < 1.29 is 13.7 Å². The van der Waals surface area contributed by atoms with E-state index in [0.717, 1.165) is 23.2 Å². The minimum absolute atomic E-state index is 0.0799. The summed E-state index contributed by atoms with van der Waals surface area (Å²) in [6, 6.07) is 8.02. The fourth-order valence-electron chi connectivity index (χ4n) is 2.87. The van der Waals surface area contributed by atoms with E-state index in [2.05, 4.69) is 33.8 Å². The predicted octanol–water partition coefficient (Wildman–Crippen LogP) is 3.07. The molecule has 0 bridgehead atoms. The van der Waals surface area contributed by atoms with E-state index in [4.69, 9.17) is 8.94 Å². The Kier molecular flexibility index (Phi) is 4.07. The Morgan fingerprint density at radius 1 is 1.32 bits per heavy atom. The molecule has 4 rings (SSSR count). The third kappa shape index (κ3) is 3.32. The molecule has 2 aromatic heterocycles. The number of anilines is 1. The van der Waals surface area contributed by atoms with Crippen molar-refractivity contribution in [3.8, 4) is 11.4 Å². The number of nitrogens with zero attached hydrogens (tertiary/aromatic N) is 2. The van der Waals surface area contributed by atoms with Crippen LogP contribution in [0.1, 0.15) is 36.4 Å². The molecule has 2 N–H and O–H groups in total. The lowest BCUT2D eigenvalue weighted by Gasteiger charge is -2.20. The first kappa shape index (κ1) is 15.6. The zero-order valence-corrected chi connectivity index (χ0v) is 13.8. The molecule has 1 aliphatic rings. The van der Waals surface area contributed by atoms with E-state index in [1.165, 1.54) is 5.56 Å². The molecule has 0 unspecified atom stereocenters. The van der Waals surface area contributed by atoms with Crippen LogP contribution >= 0.6 is 0 Å². The van der Waals surface area contributed by atoms with Gasteiger partial charge in [-0.1, -0.05) is 17.3 Å². The van der Waals surface area contributed by atoms with Gasteiger partial charge in [-0.25, -0.2) is 0 Å². The van der Waals surface area contributed by atoms with Gasteiger partial charge in [0.15, 0.2) is 0 Å². The Labute approximate surface area is 144 Å². The number of hydrogen-bond acceptors (Lipinski definition) is 6. The molecule has 128 valence electrons. The largest absolute Gasteiger partial charge is 0.472 e. The Morgan fingerprint density at radius 3 is 3.08 bits per heavy atom. The van der Waals surface area contributed by atoms with Gasteiger partial charge in [-0.3, -0.25) is 4.79 Å². The highest BCUT2D eigenvalue weighted by Gasteiger charge is 2.17. The van der Waals surface area contributed by atoms with Crippen molar-refractivity contribution in [1.29, 1.82) is 0 Å². The topological polar surface area (TPSA) is 93.2 Å². The normalized spacial score (nSPS) is 14.8. The van der Waals surface area contributed by atoms with Crippen LogP contribution in [0.4, 0.5) is 5.69 Å². The van der Waals surface area contributed by atoms with Gasteiger partial charge in [0.25, 0.3) is 0 Å². The molecule has 7 nitrogen and oxygen atoms in total. The van der Waals surface area contributed by atoms with E-state index in [-0.39, 0.29) is 11.9 Å². The standard InChI is InChI=1S/C18H18N4O3/c1-11(12-2-4-15-13(8-12)3-5-16(23)20-15)19-9-17-21-18(22-25-17)14-6-7-24-10-14/h2,4,6-8,10-11,19H,3,5,9H2,1H3,(H,20,23)/t11-/m1/s1. The van der Waals surface area contributed by atoms with Crippen LogP contribution < -0.4 is 10.6 Å². The lowest BCUT2D eigenvalue weighted by atomic mass is 9.98. The molecule has 0 saturated carbocycles. The Bertz CT molecular complexity index is 886. The summed E-state index contributed by atoms with van der Waals surface area (Å²) in [4.78, 5) is 15.8. The molecule has 0 radical (unpaired) electrons. The fourth-order valence-corrected chi connectivity index (χ4v) is 2.87. The summed E-state index contributed by atoms with van der Waals surface area (Å²) in [7, 11) is 0. The first-order valence-electron chi connectivity index (χ1n) is 8.20. The number of benzene rings is 1. The maximum Gasteiger partial charge on any atom is 0.240 e. The summed E-state index contributed by atoms with van der Waals surface area (Å²) in [5.74, 6) is 1.12. The average molecular weight is 338 g/mol. The highest BCUT2D eigenvalue weighted by Crippen LogP contribution is 2.26. The molecule has 3 heterocycles. The van der Waals surface area contributed by atoms with Gasteiger partial charge >= 0.3 is 0 Å². The predicted molar refractivity (Wildman–Crippen MR) is 90.6 cm³/mol. The van der Waals surface area contributed by atoms with E-state index >= 15 is 0 Å². The van der Waals surface area contributed by atoms with Crippen molar-refractivity contribution in [2.45, 2.75) is 32.4 Å². The summed E-state index contributed by atoms with van der Waals surface area (Å²) in [6.45, 7) is 2.55. The van der Waals surface area contributed by atoms with Crippen LogP contribution in [0, 0.1) is 0 Å². The monoisotopic (exact) mass is 338 g/mol. The molecule has 0 aliphatic carbocycles. The second-order valence-electron chi connectivity index (χ2n) is 6.09. The molecule has 0 fully saturated rings. The van der Waals surface area contributed by atoms with Gasteiger partial charge in [0.05, 0.1) is 18.4 Å². The number of fused-ring (bicyclic) bond motifs is 1. The molecule has 7 heteroatoms. The number of rotatable bonds is 5. The Balaban J connectivity index is 1.41. The van der Waals surface area contributed by atoms with Gasteiger partial charge in [-0.2, -0.15) is 4.98 Å². The second kappa shape index (κ2) is 6.52. The van der Waals surface area contributed by atoms with Crippen LogP contribution in [0.2, 0.25) is 0 Å². The maximum atomic E-state index is 11.4. The molecule has 0 spiro atoms. The Hall–Kier alpha value is -2.93. The molecule has 1 aliphatic heterocycles. The van der Waals surface area contributed by atoms with E-state index in [1.807, 2.05) is 12.1 Å². The van der Waals surface area contributed by atoms with Gasteiger partial charge in [0.1, 0.15) is 6.26 Å². The minimum Gasteiger partial charge on any atom is -0.472 e. The van der Waals surface area contributed by atoms with Crippen molar-refractivity contribution in [3.63, 3.8) is 0 Å². The quantitative estimate of drug-likeness (QED) is 0.742. The van der Waals surface area contributed by atoms with Gasteiger partial charge < -0.3 is 19.6 Å². The molecule has 1 amide bonds. The number of nitrogens with one attached hydrogen (secondary N) is 2. The van der Waals surface area contributed by atoms with Crippen molar-refractivity contribution in [1.82, 2.24) is 15.5 Å². The van der Waals surface area contributed by atoms with Crippen LogP contribution in [0.15, 0.2) is 45.7 Å². The third-order valence-electron chi connectivity index (χ3n) is 4.33. The highest BCUT2D eigenvalue weighted by atomic mass is 16.5. The number of hydrogen-bond donors (Lipinski definition) is 2. The number of carbonyl (C=O) groups excluding carboxylic acids is 1. The smallest absolute Gasteiger partial charge is 0.240 e. The van der Waals surface area contributed by atoms with E-state index in [0.29, 0.717) is 24.7 Å². The fraction of sp³-hybridized carbons (Fsp3) is 0.278. The van der Waals surface area contributed by atoms with Gasteiger partial charge in [0.2, 0.25) is 17.6 Å². The van der Waals surface area contributed by atoms with E-state index < -0.39 is 0 Å². The second-order valence-corrected chi connectivity index (χ2v) is 6.09. The van der Waals surface area contributed by atoms with Crippen molar-refractivity contribution in [2.75, 3.05) is 5.32 Å². The van der Waals surface area contributed by atoms with Crippen LogP contribution in [-0.4, -0.2) is 16.0 Å². The summed E-state index contributed by atoms with van der Waals surface area (Å²) in [5, 5.41) is 10.2. The molecule has 0 saturated heterocycles. The number of amides is 1. The van der Waals surface area contributed by atoms with E-state index in [1.54, 1.807) is 18.6 Å². The van der Waals surface area contributed by atoms with Crippen LogP contribution in [0.3, 0.4) is 0 Å². The van der Waals surface area contributed by atoms with Gasteiger partial charge in [-0.15, -0.1) is 0 Å². The minimum atomic E-state index is 0.0799. The SMILES string of the molecule is C[C@@H](NCc1nc(-c2ccoc2)no1)c1ccc2c(c1)CCC(=O)N2. The van der Waals surface area contributed by atoms with Gasteiger partial charge in [-0.05, 0) is 36.6 Å². The average Bonchev–Trinajstić information content (AvgIpc) is 3.30. The summed E-state index contributed by atoms with van der Waals surface area (Å²) >= 11 is 0. The zero-order chi connectivity index (χ0) is 17.2.